The first kappa shape index (κ1) is 14.4. The Labute approximate surface area is 131 Å². The van der Waals surface area contributed by atoms with Crippen molar-refractivity contribution in [1.82, 2.24) is 4.98 Å². The molecule has 1 aromatic carbocycles. The van der Waals surface area contributed by atoms with Gasteiger partial charge in [-0.15, -0.1) is 0 Å². The number of nitrogens with zero attached hydrogens (tertiary/aromatic N) is 1. The smallest absolute Gasteiger partial charge is 0.0948 e. The van der Waals surface area contributed by atoms with Gasteiger partial charge in [-0.1, -0.05) is 30.2 Å². The maximum Gasteiger partial charge on any atom is 0.0948 e. The van der Waals surface area contributed by atoms with Crippen LogP contribution in [0.15, 0.2) is 42.1 Å². The van der Waals surface area contributed by atoms with Gasteiger partial charge in [0.15, 0.2) is 0 Å². The molecule has 2 atom stereocenters. The molecule has 1 N–H and O–H groups in total. The molecular weight excluding hydrogens is 280 g/mol. The number of aromatic nitrogens is 1. The van der Waals surface area contributed by atoms with E-state index in [1.807, 2.05) is 30.5 Å². The lowest BCUT2D eigenvalue weighted by atomic mass is 9.83. The summed E-state index contributed by atoms with van der Waals surface area (Å²) in [5, 5.41) is 5.35. The summed E-state index contributed by atoms with van der Waals surface area (Å²) in [4.78, 5) is 4.48. The average molecular weight is 301 g/mol. The van der Waals surface area contributed by atoms with Gasteiger partial charge >= 0.3 is 0 Å². The number of rotatable bonds is 3. The molecule has 3 rings (SSSR count). The molecule has 0 radical (unpaired) electrons. The Bertz CT molecular complexity index is 678. The zero-order valence-corrected chi connectivity index (χ0v) is 13.3. The summed E-state index contributed by atoms with van der Waals surface area (Å²) in [6.07, 6.45) is 6.66. The molecule has 0 saturated heterocycles. The number of anilines is 1. The van der Waals surface area contributed by atoms with Crippen molar-refractivity contribution in [1.29, 1.82) is 0 Å². The zero-order chi connectivity index (χ0) is 14.8. The van der Waals surface area contributed by atoms with E-state index in [0.29, 0.717) is 11.8 Å². The molecule has 0 fully saturated rings. The van der Waals surface area contributed by atoms with E-state index in [4.69, 9.17) is 11.6 Å². The van der Waals surface area contributed by atoms with E-state index >= 15 is 0 Å². The molecule has 0 aliphatic heterocycles. The predicted octanol–water partition coefficient (Wildman–Crippen LogP) is 5.29. The van der Waals surface area contributed by atoms with Crippen LogP contribution in [0.3, 0.4) is 0 Å². The molecule has 0 amide bonds. The average Bonchev–Trinajstić information content (AvgIpc) is 2.46. The van der Waals surface area contributed by atoms with E-state index < -0.39 is 0 Å². The number of benzene rings is 1. The second-order valence-corrected chi connectivity index (χ2v) is 6.58. The first-order valence-corrected chi connectivity index (χ1v) is 7.95. The van der Waals surface area contributed by atoms with Gasteiger partial charge in [0.25, 0.3) is 0 Å². The molecule has 21 heavy (non-hydrogen) atoms. The number of hydrogen-bond acceptors (Lipinski definition) is 2. The standard InChI is InChI=1S/C18H21ClN2/c1-12-8-13(2)10-14(9-12)11-21-17-6-5-16(19)15-4-3-7-20-18(15)17/h3-8,12,14,21H,9-11H2,1-2H3. The Kier molecular flexibility index (Phi) is 4.16. The highest BCUT2D eigenvalue weighted by Gasteiger charge is 2.18. The molecule has 110 valence electrons. The topological polar surface area (TPSA) is 24.9 Å². The predicted molar refractivity (Wildman–Crippen MR) is 90.9 cm³/mol. The molecule has 1 heterocycles. The lowest BCUT2D eigenvalue weighted by Crippen LogP contribution is -2.20. The minimum absolute atomic E-state index is 0.686. The van der Waals surface area contributed by atoms with Crippen molar-refractivity contribution in [3.63, 3.8) is 0 Å². The number of hydrogen-bond donors (Lipinski definition) is 1. The summed E-state index contributed by atoms with van der Waals surface area (Å²) in [6, 6.07) is 7.93. The van der Waals surface area contributed by atoms with Gasteiger partial charge in [-0.2, -0.15) is 0 Å². The highest BCUT2D eigenvalue weighted by atomic mass is 35.5. The van der Waals surface area contributed by atoms with Crippen LogP contribution in [-0.2, 0) is 0 Å². The van der Waals surface area contributed by atoms with Crippen LogP contribution in [0.2, 0.25) is 5.02 Å². The quantitative estimate of drug-likeness (QED) is 0.779. The molecule has 2 unspecified atom stereocenters. The van der Waals surface area contributed by atoms with Crippen molar-refractivity contribution in [3.05, 3.63) is 47.1 Å². The van der Waals surface area contributed by atoms with E-state index in [9.17, 15) is 0 Å². The maximum atomic E-state index is 6.24. The number of nitrogens with one attached hydrogen (secondary N) is 1. The lowest BCUT2D eigenvalue weighted by Gasteiger charge is -2.26. The normalized spacial score (nSPS) is 22.1. The minimum atomic E-state index is 0.686. The van der Waals surface area contributed by atoms with E-state index in [1.54, 1.807) is 0 Å². The second kappa shape index (κ2) is 6.07. The summed E-state index contributed by atoms with van der Waals surface area (Å²) in [5.74, 6) is 1.38. The van der Waals surface area contributed by atoms with Crippen molar-refractivity contribution in [2.45, 2.75) is 26.7 Å². The summed E-state index contributed by atoms with van der Waals surface area (Å²) < 4.78 is 0. The fraction of sp³-hybridized carbons (Fsp3) is 0.389. The van der Waals surface area contributed by atoms with Crippen LogP contribution in [0.4, 0.5) is 5.69 Å². The van der Waals surface area contributed by atoms with E-state index in [1.165, 1.54) is 18.4 Å². The molecule has 0 spiro atoms. The van der Waals surface area contributed by atoms with Gasteiger partial charge in [0.2, 0.25) is 0 Å². The highest BCUT2D eigenvalue weighted by Crippen LogP contribution is 2.31. The van der Waals surface area contributed by atoms with Gasteiger partial charge in [-0.05, 0) is 55.9 Å². The molecule has 3 heteroatoms. The molecule has 0 bridgehead atoms. The number of allylic oxidation sites excluding steroid dienone is 2. The first-order valence-electron chi connectivity index (χ1n) is 7.58. The van der Waals surface area contributed by atoms with Gasteiger partial charge in [-0.3, -0.25) is 4.98 Å². The van der Waals surface area contributed by atoms with Crippen molar-refractivity contribution in [2.75, 3.05) is 11.9 Å². The lowest BCUT2D eigenvalue weighted by molar-refractivity contribution is 0.421. The molecule has 0 saturated carbocycles. The summed E-state index contributed by atoms with van der Waals surface area (Å²) in [7, 11) is 0. The van der Waals surface area contributed by atoms with Crippen LogP contribution >= 0.6 is 11.6 Å². The molecule has 2 aromatic rings. The molecule has 1 aromatic heterocycles. The van der Waals surface area contributed by atoms with Crippen LogP contribution in [0.25, 0.3) is 10.9 Å². The van der Waals surface area contributed by atoms with Gasteiger partial charge in [0.05, 0.1) is 16.2 Å². The van der Waals surface area contributed by atoms with Gasteiger partial charge in [-0.25, -0.2) is 0 Å². The first-order chi connectivity index (χ1) is 10.1. The van der Waals surface area contributed by atoms with Crippen LogP contribution in [0.1, 0.15) is 26.7 Å². The summed E-state index contributed by atoms with van der Waals surface area (Å²) in [6.45, 7) is 5.53. The van der Waals surface area contributed by atoms with E-state index in [2.05, 4.69) is 30.2 Å². The maximum absolute atomic E-state index is 6.24. The van der Waals surface area contributed by atoms with Crippen LogP contribution in [-0.4, -0.2) is 11.5 Å². The fourth-order valence-corrected chi connectivity index (χ4v) is 3.59. The Hall–Kier alpha value is -1.54. The van der Waals surface area contributed by atoms with Crippen LogP contribution < -0.4 is 5.32 Å². The third-order valence-corrected chi connectivity index (χ3v) is 4.51. The fourth-order valence-electron chi connectivity index (χ4n) is 3.38. The number of pyridine rings is 1. The Morgan fingerprint density at radius 3 is 3.00 bits per heavy atom. The Balaban J connectivity index is 1.77. The highest BCUT2D eigenvalue weighted by molar-refractivity contribution is 6.35. The molecule has 1 aliphatic carbocycles. The van der Waals surface area contributed by atoms with Crippen molar-refractivity contribution in [2.24, 2.45) is 11.8 Å². The Morgan fingerprint density at radius 2 is 2.19 bits per heavy atom. The molecule has 1 aliphatic rings. The number of fused-ring (bicyclic) bond motifs is 1. The zero-order valence-electron chi connectivity index (χ0n) is 12.6. The Morgan fingerprint density at radius 1 is 1.33 bits per heavy atom. The SMILES string of the molecule is CC1=CC(C)CC(CNc2ccc(Cl)c3cccnc23)C1. The minimum Gasteiger partial charge on any atom is -0.383 e. The van der Waals surface area contributed by atoms with Crippen LogP contribution in [0, 0.1) is 11.8 Å². The largest absolute Gasteiger partial charge is 0.383 e. The van der Waals surface area contributed by atoms with E-state index in [-0.39, 0.29) is 0 Å². The molecular formula is C18H21ClN2. The van der Waals surface area contributed by atoms with Crippen molar-refractivity contribution >= 4 is 28.2 Å². The molecule has 2 nitrogen and oxygen atoms in total. The monoisotopic (exact) mass is 300 g/mol. The third kappa shape index (κ3) is 3.21. The summed E-state index contributed by atoms with van der Waals surface area (Å²) >= 11 is 6.24. The second-order valence-electron chi connectivity index (χ2n) is 6.17. The van der Waals surface area contributed by atoms with Crippen LogP contribution in [0.5, 0.6) is 0 Å². The summed E-state index contributed by atoms with van der Waals surface area (Å²) in [5.41, 5.74) is 3.55. The number of halogens is 1. The third-order valence-electron chi connectivity index (χ3n) is 4.18. The van der Waals surface area contributed by atoms with Gasteiger partial charge < -0.3 is 5.32 Å². The van der Waals surface area contributed by atoms with Crippen molar-refractivity contribution < 1.29 is 0 Å². The van der Waals surface area contributed by atoms with Gasteiger partial charge in [0.1, 0.15) is 0 Å². The van der Waals surface area contributed by atoms with Gasteiger partial charge in [0, 0.05) is 18.1 Å². The van der Waals surface area contributed by atoms with Crippen molar-refractivity contribution in [3.8, 4) is 0 Å². The van der Waals surface area contributed by atoms with E-state index in [0.717, 1.165) is 28.2 Å².